The van der Waals surface area contributed by atoms with Gasteiger partial charge in [-0.25, -0.2) is 9.37 Å². The van der Waals surface area contributed by atoms with Gasteiger partial charge in [-0.05, 0) is 30.9 Å². The predicted molar refractivity (Wildman–Crippen MR) is 108 cm³/mol. The van der Waals surface area contributed by atoms with Gasteiger partial charge in [0.1, 0.15) is 11.7 Å². The summed E-state index contributed by atoms with van der Waals surface area (Å²) in [6.45, 7) is 2.43. The molecular weight excluding hydrogens is 389 g/mol. The van der Waals surface area contributed by atoms with Crippen molar-refractivity contribution >= 4 is 11.9 Å². The largest absolute Gasteiger partial charge is 0.481 e. The van der Waals surface area contributed by atoms with Crippen molar-refractivity contribution in [3.63, 3.8) is 0 Å². The van der Waals surface area contributed by atoms with Crippen LogP contribution in [0.5, 0.6) is 5.88 Å². The molecule has 2 fully saturated rings. The average molecular weight is 413 g/mol. The van der Waals surface area contributed by atoms with Crippen LogP contribution < -0.4 is 15.2 Å². The summed E-state index contributed by atoms with van der Waals surface area (Å²) in [7, 11) is 1.58. The molecule has 0 unspecified atom stereocenters. The van der Waals surface area contributed by atoms with E-state index < -0.39 is 6.17 Å². The first-order valence-corrected chi connectivity index (χ1v) is 10.3. The highest BCUT2D eigenvalue weighted by molar-refractivity contribution is 5.94. The smallest absolute Gasteiger partial charge is 0.263 e. The van der Waals surface area contributed by atoms with Gasteiger partial charge >= 0.3 is 0 Å². The summed E-state index contributed by atoms with van der Waals surface area (Å²) < 4.78 is 20.5. The fourth-order valence-electron chi connectivity index (χ4n) is 4.94. The van der Waals surface area contributed by atoms with E-state index >= 15 is 0 Å². The summed E-state index contributed by atoms with van der Waals surface area (Å²) in [6, 6.07) is 5.21. The van der Waals surface area contributed by atoms with Crippen LogP contribution in [0.15, 0.2) is 29.2 Å². The number of amides is 1. The maximum absolute atomic E-state index is 13.5. The number of aromatic nitrogens is 3. The number of carbonyl (C=O) groups is 1. The standard InChI is InChI=1S/C21H24FN5O3/c1-30-18-4-6-23-21(24-18)26-9-13-8-14(11-26)17-3-2-16(20(29)27(17)10-13)19(28)25-7-5-15(22)12-25/h2-4,6,13-15H,5,7-12H2,1H3/t13-,14+,15-/m0/s1. The van der Waals surface area contributed by atoms with Gasteiger partial charge in [0.25, 0.3) is 11.5 Å². The monoisotopic (exact) mass is 413 g/mol. The van der Waals surface area contributed by atoms with Crippen molar-refractivity contribution in [2.75, 3.05) is 38.2 Å². The molecule has 0 saturated carbocycles. The van der Waals surface area contributed by atoms with Gasteiger partial charge in [-0.2, -0.15) is 4.98 Å². The van der Waals surface area contributed by atoms with Crippen molar-refractivity contribution in [2.24, 2.45) is 5.92 Å². The number of piperidine rings is 1. The number of rotatable bonds is 3. The van der Waals surface area contributed by atoms with E-state index in [-0.39, 0.29) is 35.4 Å². The molecule has 3 atom stereocenters. The molecule has 5 heterocycles. The molecule has 3 aliphatic heterocycles. The molecule has 8 nitrogen and oxygen atoms in total. The van der Waals surface area contributed by atoms with Crippen molar-refractivity contribution in [1.82, 2.24) is 19.4 Å². The number of carbonyl (C=O) groups excluding carboxylic acids is 1. The van der Waals surface area contributed by atoms with Crippen LogP contribution in [0.4, 0.5) is 10.3 Å². The van der Waals surface area contributed by atoms with Gasteiger partial charge in [0.2, 0.25) is 11.8 Å². The number of alkyl halides is 1. The van der Waals surface area contributed by atoms with Gasteiger partial charge in [0.15, 0.2) is 0 Å². The second-order valence-corrected chi connectivity index (χ2v) is 8.33. The third-order valence-corrected chi connectivity index (χ3v) is 6.36. The molecule has 30 heavy (non-hydrogen) atoms. The van der Waals surface area contributed by atoms with Crippen molar-refractivity contribution in [2.45, 2.75) is 31.5 Å². The molecule has 0 aliphatic carbocycles. The average Bonchev–Trinajstić information content (AvgIpc) is 3.20. The predicted octanol–water partition coefficient (Wildman–Crippen LogP) is 1.45. The van der Waals surface area contributed by atoms with Crippen LogP contribution in [0.2, 0.25) is 0 Å². The number of fused-ring (bicyclic) bond motifs is 4. The van der Waals surface area contributed by atoms with E-state index in [0.29, 0.717) is 37.9 Å². The van der Waals surface area contributed by atoms with Crippen LogP contribution in [0, 0.1) is 5.92 Å². The zero-order valence-corrected chi connectivity index (χ0v) is 16.8. The highest BCUT2D eigenvalue weighted by Gasteiger charge is 2.37. The Labute approximate surface area is 173 Å². The normalized spacial score (nSPS) is 25.2. The third kappa shape index (κ3) is 3.22. The number of anilines is 1. The van der Waals surface area contributed by atoms with E-state index in [2.05, 4.69) is 14.9 Å². The van der Waals surface area contributed by atoms with E-state index in [1.165, 1.54) is 4.90 Å². The summed E-state index contributed by atoms with van der Waals surface area (Å²) in [5.74, 6) is 1.20. The molecule has 0 N–H and O–H groups in total. The van der Waals surface area contributed by atoms with Crippen LogP contribution in [0.3, 0.4) is 0 Å². The summed E-state index contributed by atoms with van der Waals surface area (Å²) in [6.07, 6.45) is 2.01. The highest BCUT2D eigenvalue weighted by atomic mass is 19.1. The maximum atomic E-state index is 13.5. The molecule has 2 saturated heterocycles. The minimum absolute atomic E-state index is 0.0702. The number of pyridine rings is 1. The fourth-order valence-corrected chi connectivity index (χ4v) is 4.94. The minimum atomic E-state index is -1.00. The molecular formula is C21H24FN5O3. The zero-order chi connectivity index (χ0) is 20.8. The Hall–Kier alpha value is -2.97. The Morgan fingerprint density at radius 1 is 1.20 bits per heavy atom. The number of methoxy groups -OCH3 is 1. The number of halogens is 1. The van der Waals surface area contributed by atoms with E-state index in [4.69, 9.17) is 4.74 Å². The topological polar surface area (TPSA) is 80.6 Å². The lowest BCUT2D eigenvalue weighted by Gasteiger charge is -2.42. The number of hydrogen-bond acceptors (Lipinski definition) is 6. The Morgan fingerprint density at radius 2 is 2.07 bits per heavy atom. The Morgan fingerprint density at radius 3 is 2.83 bits per heavy atom. The zero-order valence-electron chi connectivity index (χ0n) is 16.8. The van der Waals surface area contributed by atoms with E-state index in [1.54, 1.807) is 30.0 Å². The first-order chi connectivity index (χ1) is 14.5. The second kappa shape index (κ2) is 7.37. The van der Waals surface area contributed by atoms with Crippen molar-refractivity contribution in [1.29, 1.82) is 0 Å². The van der Waals surface area contributed by atoms with E-state index in [0.717, 1.165) is 18.7 Å². The highest BCUT2D eigenvalue weighted by Crippen LogP contribution is 2.36. The molecule has 0 spiro atoms. The van der Waals surface area contributed by atoms with Crippen LogP contribution in [0.25, 0.3) is 0 Å². The molecule has 5 rings (SSSR count). The third-order valence-electron chi connectivity index (χ3n) is 6.36. The summed E-state index contributed by atoms with van der Waals surface area (Å²) in [5.41, 5.74) is 0.812. The van der Waals surface area contributed by atoms with Gasteiger partial charge in [0.05, 0.1) is 13.7 Å². The molecule has 0 aromatic carbocycles. The number of likely N-dealkylation sites (tertiary alicyclic amines) is 1. The van der Waals surface area contributed by atoms with Gasteiger partial charge in [-0.1, -0.05) is 0 Å². The van der Waals surface area contributed by atoms with E-state index in [1.807, 2.05) is 6.07 Å². The van der Waals surface area contributed by atoms with Crippen molar-refractivity contribution in [3.05, 3.63) is 46.0 Å². The van der Waals surface area contributed by atoms with E-state index in [9.17, 15) is 14.0 Å². The molecule has 2 aromatic rings. The Kier molecular flexibility index (Phi) is 4.67. The molecule has 3 aliphatic rings. The number of ether oxygens (including phenoxy) is 1. The Balaban J connectivity index is 1.42. The molecule has 2 aromatic heterocycles. The van der Waals surface area contributed by atoms with Crippen molar-refractivity contribution < 1.29 is 13.9 Å². The lowest BCUT2D eigenvalue weighted by molar-refractivity contribution is 0.0779. The Bertz CT molecular complexity index is 1040. The molecule has 158 valence electrons. The van der Waals surface area contributed by atoms with Crippen LogP contribution in [-0.4, -0.2) is 64.8 Å². The second-order valence-electron chi connectivity index (χ2n) is 8.33. The van der Waals surface area contributed by atoms with Crippen LogP contribution in [-0.2, 0) is 6.54 Å². The van der Waals surface area contributed by atoms with Crippen molar-refractivity contribution in [3.8, 4) is 5.88 Å². The summed E-state index contributed by atoms with van der Waals surface area (Å²) in [4.78, 5) is 38.3. The molecule has 9 heteroatoms. The van der Waals surface area contributed by atoms with Gasteiger partial charge in [-0.15, -0.1) is 0 Å². The fraction of sp³-hybridized carbons (Fsp3) is 0.524. The molecule has 1 amide bonds. The van der Waals surface area contributed by atoms with Gasteiger partial charge in [0, 0.05) is 50.1 Å². The lowest BCUT2D eigenvalue weighted by Crippen LogP contribution is -2.48. The minimum Gasteiger partial charge on any atom is -0.481 e. The maximum Gasteiger partial charge on any atom is 0.263 e. The first-order valence-electron chi connectivity index (χ1n) is 10.3. The van der Waals surface area contributed by atoms with Crippen LogP contribution >= 0.6 is 0 Å². The summed E-state index contributed by atoms with van der Waals surface area (Å²) in [5, 5.41) is 0. The first kappa shape index (κ1) is 19.0. The SMILES string of the molecule is COc1ccnc(N2C[C@@H]3C[C@H](C2)c2ccc(C(=O)N4CC[C@H](F)C4)c(=O)n2C3)n1. The number of hydrogen-bond donors (Lipinski definition) is 0. The molecule has 0 radical (unpaired) electrons. The van der Waals surface area contributed by atoms with Crippen LogP contribution in [0.1, 0.15) is 34.8 Å². The lowest BCUT2D eigenvalue weighted by atomic mass is 9.83. The quantitative estimate of drug-likeness (QED) is 0.758. The summed E-state index contributed by atoms with van der Waals surface area (Å²) >= 11 is 0. The number of nitrogens with zero attached hydrogens (tertiary/aromatic N) is 5. The van der Waals surface area contributed by atoms with Gasteiger partial charge < -0.3 is 19.1 Å². The molecule has 2 bridgehead atoms. The van der Waals surface area contributed by atoms with Gasteiger partial charge in [-0.3, -0.25) is 9.59 Å².